The molecule has 1 N–H and O–H groups in total. The summed E-state index contributed by atoms with van der Waals surface area (Å²) >= 11 is 1.77. The molecule has 2 nitrogen and oxygen atoms in total. The Labute approximate surface area is 114 Å². The van der Waals surface area contributed by atoms with E-state index in [2.05, 4.69) is 19.1 Å². The standard InChI is InChI=1S/C16H12O2S/c1-10-15(13-4-2-3-5-14(13)19-10)11-6-8-12(9-7-11)16(17)18/h2-9H,1H3,(H,17,18). The molecule has 0 spiro atoms. The SMILES string of the molecule is Cc1sc2ccccc2c1-c1ccc(C(=O)O)cc1. The maximum Gasteiger partial charge on any atom is 0.335 e. The monoisotopic (exact) mass is 268 g/mol. The molecular weight excluding hydrogens is 256 g/mol. The van der Waals surface area contributed by atoms with Crippen molar-refractivity contribution in [3.8, 4) is 11.1 Å². The number of thiophene rings is 1. The maximum atomic E-state index is 10.9. The Balaban J connectivity index is 2.18. The van der Waals surface area contributed by atoms with Crippen LogP contribution in [-0.2, 0) is 0 Å². The summed E-state index contributed by atoms with van der Waals surface area (Å²) in [5.74, 6) is -0.890. The lowest BCUT2D eigenvalue weighted by Gasteiger charge is -2.03. The van der Waals surface area contributed by atoms with Crippen molar-refractivity contribution >= 4 is 27.4 Å². The van der Waals surface area contributed by atoms with Crippen molar-refractivity contribution in [2.24, 2.45) is 0 Å². The van der Waals surface area contributed by atoms with E-state index in [4.69, 9.17) is 5.11 Å². The average molecular weight is 268 g/mol. The predicted molar refractivity (Wildman–Crippen MR) is 79.0 cm³/mol. The molecule has 3 rings (SSSR count). The van der Waals surface area contributed by atoms with Crippen LogP contribution in [0.4, 0.5) is 0 Å². The van der Waals surface area contributed by atoms with Gasteiger partial charge >= 0.3 is 5.97 Å². The Morgan fingerprint density at radius 3 is 2.42 bits per heavy atom. The van der Waals surface area contributed by atoms with E-state index in [9.17, 15) is 4.79 Å². The molecule has 0 aliphatic rings. The number of carboxylic acids is 1. The maximum absolute atomic E-state index is 10.9. The van der Waals surface area contributed by atoms with Crippen molar-refractivity contribution < 1.29 is 9.90 Å². The minimum atomic E-state index is -0.890. The van der Waals surface area contributed by atoms with Crippen LogP contribution in [0.5, 0.6) is 0 Å². The molecule has 94 valence electrons. The summed E-state index contributed by atoms with van der Waals surface area (Å²) in [5.41, 5.74) is 2.60. The van der Waals surface area contributed by atoms with Gasteiger partial charge in [-0.2, -0.15) is 0 Å². The molecule has 0 saturated heterocycles. The summed E-state index contributed by atoms with van der Waals surface area (Å²) in [4.78, 5) is 12.1. The molecular formula is C16H12O2S. The van der Waals surface area contributed by atoms with E-state index in [0.717, 1.165) is 5.56 Å². The molecule has 19 heavy (non-hydrogen) atoms. The van der Waals surface area contributed by atoms with Crippen LogP contribution in [0.15, 0.2) is 48.5 Å². The number of aryl methyl sites for hydroxylation is 1. The quantitative estimate of drug-likeness (QED) is 0.739. The Hall–Kier alpha value is -2.13. The van der Waals surface area contributed by atoms with Crippen LogP contribution in [0, 0.1) is 6.92 Å². The molecule has 0 fully saturated rings. The highest BCUT2D eigenvalue weighted by atomic mass is 32.1. The van der Waals surface area contributed by atoms with Crippen LogP contribution in [0.1, 0.15) is 15.2 Å². The van der Waals surface area contributed by atoms with E-state index in [1.54, 1.807) is 23.5 Å². The molecule has 0 saturated carbocycles. The smallest absolute Gasteiger partial charge is 0.335 e. The van der Waals surface area contributed by atoms with Crippen LogP contribution in [-0.4, -0.2) is 11.1 Å². The zero-order valence-corrected chi connectivity index (χ0v) is 11.2. The van der Waals surface area contributed by atoms with E-state index in [1.807, 2.05) is 24.3 Å². The van der Waals surface area contributed by atoms with Crippen molar-refractivity contribution in [2.75, 3.05) is 0 Å². The van der Waals surface area contributed by atoms with Gasteiger partial charge in [0.25, 0.3) is 0 Å². The molecule has 0 aliphatic heterocycles. The third-order valence-electron chi connectivity index (χ3n) is 3.19. The molecule has 3 aromatic rings. The van der Waals surface area contributed by atoms with Crippen LogP contribution in [0.2, 0.25) is 0 Å². The van der Waals surface area contributed by atoms with Crippen LogP contribution >= 0.6 is 11.3 Å². The Kier molecular flexibility index (Phi) is 2.84. The van der Waals surface area contributed by atoms with Gasteiger partial charge in [-0.1, -0.05) is 30.3 Å². The molecule has 3 heteroatoms. The van der Waals surface area contributed by atoms with E-state index in [-0.39, 0.29) is 0 Å². The summed E-state index contributed by atoms with van der Waals surface area (Å²) in [7, 11) is 0. The number of carboxylic acid groups (broad SMARTS) is 1. The fourth-order valence-electron chi connectivity index (χ4n) is 2.31. The number of hydrogen-bond donors (Lipinski definition) is 1. The first-order valence-electron chi connectivity index (χ1n) is 5.98. The van der Waals surface area contributed by atoms with Crippen LogP contribution in [0.25, 0.3) is 21.2 Å². The van der Waals surface area contributed by atoms with E-state index in [0.29, 0.717) is 5.56 Å². The summed E-state index contributed by atoms with van der Waals surface area (Å²) in [5, 5.41) is 10.2. The molecule has 1 heterocycles. The zero-order valence-electron chi connectivity index (χ0n) is 10.4. The van der Waals surface area contributed by atoms with Crippen molar-refractivity contribution in [3.63, 3.8) is 0 Å². The highest BCUT2D eigenvalue weighted by Gasteiger charge is 2.11. The van der Waals surface area contributed by atoms with E-state index >= 15 is 0 Å². The summed E-state index contributed by atoms with van der Waals surface area (Å²) in [6.45, 7) is 2.10. The number of rotatable bonds is 2. The first-order chi connectivity index (χ1) is 9.16. The highest BCUT2D eigenvalue weighted by molar-refractivity contribution is 7.19. The Morgan fingerprint density at radius 1 is 1.05 bits per heavy atom. The summed E-state index contributed by atoms with van der Waals surface area (Å²) in [6, 6.07) is 15.4. The van der Waals surface area contributed by atoms with Crippen molar-refractivity contribution in [1.29, 1.82) is 0 Å². The first-order valence-corrected chi connectivity index (χ1v) is 6.80. The summed E-state index contributed by atoms with van der Waals surface area (Å²) < 4.78 is 1.26. The second kappa shape index (κ2) is 4.52. The number of benzene rings is 2. The second-order valence-corrected chi connectivity index (χ2v) is 5.67. The minimum Gasteiger partial charge on any atom is -0.478 e. The van der Waals surface area contributed by atoms with Gasteiger partial charge in [-0.3, -0.25) is 0 Å². The number of hydrogen-bond acceptors (Lipinski definition) is 2. The third kappa shape index (κ3) is 2.02. The number of fused-ring (bicyclic) bond motifs is 1. The fraction of sp³-hybridized carbons (Fsp3) is 0.0625. The van der Waals surface area contributed by atoms with Gasteiger partial charge in [0, 0.05) is 20.5 Å². The third-order valence-corrected chi connectivity index (χ3v) is 4.28. The van der Waals surface area contributed by atoms with Crippen LogP contribution < -0.4 is 0 Å². The normalized spacial score (nSPS) is 10.8. The van der Waals surface area contributed by atoms with Crippen molar-refractivity contribution in [1.82, 2.24) is 0 Å². The average Bonchev–Trinajstić information content (AvgIpc) is 2.74. The van der Waals surface area contributed by atoms with Gasteiger partial charge in [-0.15, -0.1) is 11.3 Å². The van der Waals surface area contributed by atoms with Crippen molar-refractivity contribution in [3.05, 3.63) is 59.0 Å². The molecule has 0 aliphatic carbocycles. The lowest BCUT2D eigenvalue weighted by Crippen LogP contribution is -1.94. The van der Waals surface area contributed by atoms with Gasteiger partial charge in [0.05, 0.1) is 5.56 Å². The van der Waals surface area contributed by atoms with Gasteiger partial charge in [0.2, 0.25) is 0 Å². The van der Waals surface area contributed by atoms with E-state index in [1.165, 1.54) is 20.5 Å². The minimum absolute atomic E-state index is 0.320. The van der Waals surface area contributed by atoms with Gasteiger partial charge in [-0.05, 0) is 30.7 Å². The molecule has 0 radical (unpaired) electrons. The van der Waals surface area contributed by atoms with Gasteiger partial charge in [0.1, 0.15) is 0 Å². The molecule has 0 bridgehead atoms. The Bertz CT molecular complexity index is 754. The summed E-state index contributed by atoms with van der Waals surface area (Å²) in [6.07, 6.45) is 0. The lowest BCUT2D eigenvalue weighted by atomic mass is 10.0. The molecule has 0 amide bonds. The number of aromatic carboxylic acids is 1. The highest BCUT2D eigenvalue weighted by Crippen LogP contribution is 2.38. The van der Waals surface area contributed by atoms with E-state index < -0.39 is 5.97 Å². The second-order valence-electron chi connectivity index (χ2n) is 4.41. The molecule has 0 unspecified atom stereocenters. The molecule has 0 atom stereocenters. The predicted octanol–water partition coefficient (Wildman–Crippen LogP) is 4.57. The lowest BCUT2D eigenvalue weighted by molar-refractivity contribution is 0.0697. The topological polar surface area (TPSA) is 37.3 Å². The molecule has 2 aromatic carbocycles. The van der Waals surface area contributed by atoms with Crippen molar-refractivity contribution in [2.45, 2.75) is 6.92 Å². The fourth-order valence-corrected chi connectivity index (χ4v) is 3.39. The first kappa shape index (κ1) is 11.9. The number of carbonyl (C=O) groups is 1. The zero-order chi connectivity index (χ0) is 13.4. The molecule has 1 aromatic heterocycles. The van der Waals surface area contributed by atoms with Gasteiger partial charge in [-0.25, -0.2) is 4.79 Å². The largest absolute Gasteiger partial charge is 0.478 e. The van der Waals surface area contributed by atoms with Gasteiger partial charge in [0.15, 0.2) is 0 Å². The van der Waals surface area contributed by atoms with Crippen LogP contribution in [0.3, 0.4) is 0 Å². The Morgan fingerprint density at radius 2 is 1.74 bits per heavy atom. The van der Waals surface area contributed by atoms with Gasteiger partial charge < -0.3 is 5.11 Å².